The lowest BCUT2D eigenvalue weighted by Gasteiger charge is -1.98. The number of rotatable bonds is 2. The summed E-state index contributed by atoms with van der Waals surface area (Å²) < 4.78 is 0. The second-order valence-corrected chi connectivity index (χ2v) is 3.19. The van der Waals surface area contributed by atoms with E-state index in [9.17, 15) is 0 Å². The van der Waals surface area contributed by atoms with Gasteiger partial charge in [0.05, 0.1) is 5.69 Å². The summed E-state index contributed by atoms with van der Waals surface area (Å²) in [5.74, 6) is -0.0168. The zero-order valence-electron chi connectivity index (χ0n) is 7.19. The van der Waals surface area contributed by atoms with Crippen LogP contribution in [0.1, 0.15) is 0 Å². The summed E-state index contributed by atoms with van der Waals surface area (Å²) in [5, 5.41) is 8.39. The molecule has 0 aliphatic rings. The lowest BCUT2D eigenvalue weighted by Crippen LogP contribution is -2.27. The van der Waals surface area contributed by atoms with Crippen molar-refractivity contribution in [3.05, 3.63) is 24.3 Å². The van der Waals surface area contributed by atoms with E-state index in [1.807, 2.05) is 30.5 Å². The van der Waals surface area contributed by atoms with Crippen molar-refractivity contribution < 1.29 is 5.21 Å². The number of guanidine groups is 1. The van der Waals surface area contributed by atoms with Crippen molar-refractivity contribution >= 4 is 23.4 Å². The molecule has 0 aliphatic carbocycles. The fourth-order valence-electron chi connectivity index (χ4n) is 0.821. The van der Waals surface area contributed by atoms with E-state index in [0.29, 0.717) is 5.69 Å². The molecular formula is C8H11N3OS. The molecule has 0 aliphatic heterocycles. The lowest BCUT2D eigenvalue weighted by atomic mass is 10.3. The molecule has 0 unspecified atom stereocenters. The molecule has 4 nitrogen and oxygen atoms in total. The van der Waals surface area contributed by atoms with Crippen molar-refractivity contribution in [2.24, 2.45) is 10.7 Å². The Hall–Kier alpha value is -1.20. The highest BCUT2D eigenvalue weighted by Gasteiger charge is 1.92. The van der Waals surface area contributed by atoms with Gasteiger partial charge in [0.2, 0.25) is 5.96 Å². The molecule has 70 valence electrons. The molecule has 1 aromatic rings. The number of nitrogens with one attached hydrogen (secondary N) is 1. The molecule has 0 saturated heterocycles. The van der Waals surface area contributed by atoms with Crippen molar-refractivity contribution in [2.75, 3.05) is 6.26 Å². The Kier molecular flexibility index (Phi) is 3.60. The van der Waals surface area contributed by atoms with Gasteiger partial charge in [-0.25, -0.2) is 10.5 Å². The van der Waals surface area contributed by atoms with E-state index in [1.54, 1.807) is 17.2 Å². The topological polar surface area (TPSA) is 70.6 Å². The van der Waals surface area contributed by atoms with Crippen LogP contribution in [0.4, 0.5) is 5.69 Å². The first-order valence-corrected chi connectivity index (χ1v) is 4.87. The van der Waals surface area contributed by atoms with Crippen LogP contribution in [0.15, 0.2) is 34.2 Å². The Morgan fingerprint density at radius 3 is 2.54 bits per heavy atom. The predicted octanol–water partition coefficient (Wildman–Crippen LogP) is 1.33. The van der Waals surface area contributed by atoms with E-state index in [1.165, 1.54) is 0 Å². The van der Waals surface area contributed by atoms with E-state index >= 15 is 0 Å². The quantitative estimate of drug-likeness (QED) is 0.289. The normalized spacial score (nSPS) is 11.4. The van der Waals surface area contributed by atoms with Crippen LogP contribution in [0.5, 0.6) is 0 Å². The van der Waals surface area contributed by atoms with Gasteiger partial charge in [-0.1, -0.05) is 0 Å². The summed E-state index contributed by atoms with van der Waals surface area (Å²) in [6.07, 6.45) is 2.00. The Bertz CT molecular complexity index is 297. The van der Waals surface area contributed by atoms with Crippen LogP contribution in [0.3, 0.4) is 0 Å². The molecule has 0 aromatic heterocycles. The highest BCUT2D eigenvalue weighted by molar-refractivity contribution is 7.98. The molecule has 0 fully saturated rings. The Morgan fingerprint density at radius 1 is 1.46 bits per heavy atom. The van der Waals surface area contributed by atoms with Crippen LogP contribution in [-0.2, 0) is 0 Å². The summed E-state index contributed by atoms with van der Waals surface area (Å²) in [7, 11) is 0. The van der Waals surface area contributed by atoms with Crippen LogP contribution < -0.4 is 11.2 Å². The number of aliphatic imine (C=N–C) groups is 1. The number of hydrogen-bond donors (Lipinski definition) is 3. The van der Waals surface area contributed by atoms with Gasteiger partial charge in [-0.05, 0) is 30.5 Å². The van der Waals surface area contributed by atoms with Crippen LogP contribution in [0, 0.1) is 0 Å². The minimum Gasteiger partial charge on any atom is -0.368 e. The molecule has 5 heteroatoms. The molecule has 0 radical (unpaired) electrons. The molecule has 0 spiro atoms. The molecule has 13 heavy (non-hydrogen) atoms. The van der Waals surface area contributed by atoms with Gasteiger partial charge in [0.1, 0.15) is 0 Å². The van der Waals surface area contributed by atoms with Crippen LogP contribution in [0.25, 0.3) is 0 Å². The van der Waals surface area contributed by atoms with Crippen molar-refractivity contribution in [3.8, 4) is 0 Å². The number of hydroxylamine groups is 1. The zero-order chi connectivity index (χ0) is 9.68. The fraction of sp³-hybridized carbons (Fsp3) is 0.125. The first-order chi connectivity index (χ1) is 6.26. The van der Waals surface area contributed by atoms with Gasteiger partial charge < -0.3 is 5.73 Å². The molecule has 0 amide bonds. The van der Waals surface area contributed by atoms with E-state index in [2.05, 4.69) is 4.99 Å². The number of benzene rings is 1. The summed E-state index contributed by atoms with van der Waals surface area (Å²) >= 11 is 1.66. The maximum atomic E-state index is 8.39. The largest absolute Gasteiger partial charge is 0.368 e. The minimum atomic E-state index is -0.0168. The molecular weight excluding hydrogens is 186 g/mol. The average Bonchev–Trinajstić information content (AvgIpc) is 2.19. The van der Waals surface area contributed by atoms with Crippen LogP contribution in [-0.4, -0.2) is 17.4 Å². The van der Waals surface area contributed by atoms with E-state index in [0.717, 1.165) is 4.90 Å². The van der Waals surface area contributed by atoms with Gasteiger partial charge in [-0.15, -0.1) is 11.8 Å². The summed E-state index contributed by atoms with van der Waals surface area (Å²) in [5.41, 5.74) is 7.73. The van der Waals surface area contributed by atoms with Gasteiger partial charge in [0, 0.05) is 4.90 Å². The molecule has 0 atom stereocenters. The molecule has 4 N–H and O–H groups in total. The third-order valence-corrected chi connectivity index (χ3v) is 2.18. The monoisotopic (exact) mass is 197 g/mol. The number of hydrogen-bond acceptors (Lipinski definition) is 3. The zero-order valence-corrected chi connectivity index (χ0v) is 8.01. The smallest absolute Gasteiger partial charge is 0.218 e. The Balaban J connectivity index is 2.80. The SMILES string of the molecule is CSc1ccc(N=C(N)NO)cc1. The molecule has 1 aromatic carbocycles. The summed E-state index contributed by atoms with van der Waals surface area (Å²) in [4.78, 5) is 5.04. The number of nitrogens with zero attached hydrogens (tertiary/aromatic N) is 1. The number of nitrogens with two attached hydrogens (primary N) is 1. The van der Waals surface area contributed by atoms with Gasteiger partial charge in [-0.3, -0.25) is 5.21 Å². The summed E-state index contributed by atoms with van der Waals surface area (Å²) in [6.45, 7) is 0. The van der Waals surface area contributed by atoms with Crippen molar-refractivity contribution in [2.45, 2.75) is 4.90 Å². The molecule has 0 heterocycles. The van der Waals surface area contributed by atoms with E-state index in [4.69, 9.17) is 10.9 Å². The van der Waals surface area contributed by atoms with Gasteiger partial charge in [-0.2, -0.15) is 0 Å². The van der Waals surface area contributed by atoms with Gasteiger partial charge in [0.15, 0.2) is 0 Å². The second kappa shape index (κ2) is 4.74. The number of thioether (sulfide) groups is 1. The van der Waals surface area contributed by atoms with E-state index < -0.39 is 0 Å². The highest BCUT2D eigenvalue weighted by Crippen LogP contribution is 2.18. The van der Waals surface area contributed by atoms with Crippen molar-refractivity contribution in [1.29, 1.82) is 0 Å². The van der Waals surface area contributed by atoms with Crippen molar-refractivity contribution in [1.82, 2.24) is 5.48 Å². The lowest BCUT2D eigenvalue weighted by molar-refractivity contribution is 0.233. The third-order valence-electron chi connectivity index (χ3n) is 1.44. The maximum Gasteiger partial charge on any atom is 0.218 e. The van der Waals surface area contributed by atoms with E-state index in [-0.39, 0.29) is 5.96 Å². The standard InChI is InChI=1S/C8H11N3OS/c1-13-7-4-2-6(3-5-7)10-8(9)11-12/h2-5,12H,1H3,(H3,9,10,11). The second-order valence-electron chi connectivity index (χ2n) is 2.31. The Morgan fingerprint density at radius 2 is 2.08 bits per heavy atom. The summed E-state index contributed by atoms with van der Waals surface area (Å²) in [6, 6.07) is 7.54. The average molecular weight is 197 g/mol. The van der Waals surface area contributed by atoms with Crippen molar-refractivity contribution in [3.63, 3.8) is 0 Å². The van der Waals surface area contributed by atoms with Crippen LogP contribution >= 0.6 is 11.8 Å². The molecule has 0 saturated carbocycles. The first-order valence-electron chi connectivity index (χ1n) is 3.64. The fourth-order valence-corrected chi connectivity index (χ4v) is 1.23. The first kappa shape index (κ1) is 9.88. The molecule has 0 bridgehead atoms. The maximum absolute atomic E-state index is 8.39. The highest BCUT2D eigenvalue weighted by atomic mass is 32.2. The molecule has 1 rings (SSSR count). The van der Waals surface area contributed by atoms with Gasteiger partial charge >= 0.3 is 0 Å². The van der Waals surface area contributed by atoms with Crippen LogP contribution in [0.2, 0.25) is 0 Å². The third kappa shape index (κ3) is 2.96. The van der Waals surface area contributed by atoms with Gasteiger partial charge in [0.25, 0.3) is 0 Å². The predicted molar refractivity (Wildman–Crippen MR) is 54.4 cm³/mol. The minimum absolute atomic E-state index is 0.0168. The Labute approximate surface area is 80.8 Å².